The van der Waals surface area contributed by atoms with E-state index in [1.807, 2.05) is 6.07 Å². The highest BCUT2D eigenvalue weighted by Crippen LogP contribution is 2.26. The standard InChI is InChI=1S/C18H20F2N4O2/c1-10-14(11(2)24(23-10)18(19)20)9-17(26)21-13-6-7-15-12(8-13)4-3-5-16(25)22-15/h6-8,18H,3-5,9H2,1-2H3,(H,21,26)(H,22,25). The minimum Gasteiger partial charge on any atom is -0.326 e. The first-order chi connectivity index (χ1) is 12.3. The fraction of sp³-hybridized carbons (Fsp3) is 0.389. The van der Waals surface area contributed by atoms with Gasteiger partial charge in [-0.05, 0) is 50.5 Å². The lowest BCUT2D eigenvalue weighted by Crippen LogP contribution is -2.16. The molecule has 0 spiro atoms. The van der Waals surface area contributed by atoms with E-state index in [2.05, 4.69) is 15.7 Å². The van der Waals surface area contributed by atoms with Crippen molar-refractivity contribution in [2.75, 3.05) is 10.6 Å². The second-order valence-corrected chi connectivity index (χ2v) is 6.37. The zero-order valence-electron chi connectivity index (χ0n) is 14.6. The highest BCUT2D eigenvalue weighted by Gasteiger charge is 2.19. The number of carbonyl (C=O) groups excluding carboxylic acids is 2. The molecule has 0 fully saturated rings. The van der Waals surface area contributed by atoms with Gasteiger partial charge in [-0.1, -0.05) is 0 Å². The molecule has 0 saturated carbocycles. The number of fused-ring (bicyclic) bond motifs is 1. The van der Waals surface area contributed by atoms with Crippen LogP contribution in [0.2, 0.25) is 0 Å². The molecule has 26 heavy (non-hydrogen) atoms. The van der Waals surface area contributed by atoms with Gasteiger partial charge in [-0.2, -0.15) is 13.9 Å². The molecule has 0 bridgehead atoms. The van der Waals surface area contributed by atoms with Crippen molar-refractivity contribution in [1.29, 1.82) is 0 Å². The summed E-state index contributed by atoms with van der Waals surface area (Å²) in [5, 5.41) is 9.42. The maximum atomic E-state index is 12.9. The van der Waals surface area contributed by atoms with Gasteiger partial charge in [0.1, 0.15) is 0 Å². The van der Waals surface area contributed by atoms with Crippen molar-refractivity contribution in [3.05, 3.63) is 40.7 Å². The lowest BCUT2D eigenvalue weighted by molar-refractivity contribution is -0.116. The smallest absolute Gasteiger partial charge is 0.326 e. The van der Waals surface area contributed by atoms with E-state index in [4.69, 9.17) is 0 Å². The van der Waals surface area contributed by atoms with Crippen LogP contribution >= 0.6 is 0 Å². The van der Waals surface area contributed by atoms with Crippen LogP contribution in [0.25, 0.3) is 0 Å². The van der Waals surface area contributed by atoms with Crippen LogP contribution in [0.15, 0.2) is 18.2 Å². The van der Waals surface area contributed by atoms with Crippen molar-refractivity contribution in [3.63, 3.8) is 0 Å². The van der Waals surface area contributed by atoms with Crippen LogP contribution in [-0.4, -0.2) is 21.6 Å². The third kappa shape index (κ3) is 3.74. The quantitative estimate of drug-likeness (QED) is 0.876. The van der Waals surface area contributed by atoms with Crippen molar-refractivity contribution >= 4 is 23.2 Å². The maximum Gasteiger partial charge on any atom is 0.333 e. The number of aryl methyl sites for hydroxylation is 2. The zero-order chi connectivity index (χ0) is 18.8. The van der Waals surface area contributed by atoms with E-state index in [0.717, 1.165) is 24.1 Å². The monoisotopic (exact) mass is 362 g/mol. The molecule has 2 N–H and O–H groups in total. The Morgan fingerprint density at radius 3 is 2.81 bits per heavy atom. The van der Waals surface area contributed by atoms with E-state index in [9.17, 15) is 18.4 Å². The molecule has 2 heterocycles. The van der Waals surface area contributed by atoms with Crippen LogP contribution in [-0.2, 0) is 22.4 Å². The van der Waals surface area contributed by atoms with Gasteiger partial charge in [0.15, 0.2) is 0 Å². The van der Waals surface area contributed by atoms with Crippen molar-refractivity contribution < 1.29 is 18.4 Å². The molecule has 2 amide bonds. The predicted molar refractivity (Wildman–Crippen MR) is 93.3 cm³/mol. The number of aromatic nitrogens is 2. The Labute approximate surface area is 149 Å². The molecule has 6 nitrogen and oxygen atoms in total. The van der Waals surface area contributed by atoms with Crippen LogP contribution in [0, 0.1) is 13.8 Å². The number of amides is 2. The number of halogens is 2. The molecule has 1 aromatic carbocycles. The molecule has 3 rings (SSSR count). The Kier molecular flexibility index (Phi) is 5.01. The number of rotatable bonds is 4. The molecule has 0 aliphatic carbocycles. The van der Waals surface area contributed by atoms with E-state index in [0.29, 0.717) is 28.0 Å². The van der Waals surface area contributed by atoms with Gasteiger partial charge in [0.25, 0.3) is 0 Å². The van der Waals surface area contributed by atoms with E-state index >= 15 is 0 Å². The molecule has 0 unspecified atom stereocenters. The highest BCUT2D eigenvalue weighted by molar-refractivity contribution is 5.95. The van der Waals surface area contributed by atoms with Gasteiger partial charge in [-0.15, -0.1) is 0 Å². The summed E-state index contributed by atoms with van der Waals surface area (Å²) >= 11 is 0. The number of carbonyl (C=O) groups is 2. The molecule has 0 saturated heterocycles. The summed E-state index contributed by atoms with van der Waals surface area (Å²) in [6, 6.07) is 5.31. The van der Waals surface area contributed by atoms with E-state index in [-0.39, 0.29) is 23.9 Å². The summed E-state index contributed by atoms with van der Waals surface area (Å²) in [5.74, 6) is -0.315. The topological polar surface area (TPSA) is 76.0 Å². The largest absolute Gasteiger partial charge is 0.333 e. The van der Waals surface area contributed by atoms with Gasteiger partial charge in [-0.25, -0.2) is 4.68 Å². The number of nitrogens with one attached hydrogen (secondary N) is 2. The number of hydrogen-bond donors (Lipinski definition) is 2. The SMILES string of the molecule is Cc1nn(C(F)F)c(C)c1CC(=O)Nc1ccc2c(c1)CCCC(=O)N2. The second kappa shape index (κ2) is 7.23. The summed E-state index contributed by atoms with van der Waals surface area (Å²) < 4.78 is 26.4. The van der Waals surface area contributed by atoms with Gasteiger partial charge in [0, 0.05) is 29.1 Å². The molecule has 1 aromatic heterocycles. The zero-order valence-corrected chi connectivity index (χ0v) is 14.6. The van der Waals surface area contributed by atoms with E-state index in [1.165, 1.54) is 6.92 Å². The van der Waals surface area contributed by atoms with Crippen LogP contribution in [0.5, 0.6) is 0 Å². The van der Waals surface area contributed by atoms with Gasteiger partial charge < -0.3 is 10.6 Å². The summed E-state index contributed by atoms with van der Waals surface area (Å²) in [4.78, 5) is 23.9. The average molecular weight is 362 g/mol. The first kappa shape index (κ1) is 18.0. The van der Waals surface area contributed by atoms with Crippen molar-refractivity contribution in [2.45, 2.75) is 46.1 Å². The lowest BCUT2D eigenvalue weighted by atomic mass is 10.1. The van der Waals surface area contributed by atoms with Crippen LogP contribution < -0.4 is 10.6 Å². The van der Waals surface area contributed by atoms with Gasteiger partial charge in [0.05, 0.1) is 12.1 Å². The molecule has 2 aromatic rings. The molecule has 138 valence electrons. The van der Waals surface area contributed by atoms with E-state index in [1.54, 1.807) is 19.1 Å². The molecule has 1 aliphatic rings. The Morgan fingerprint density at radius 1 is 1.35 bits per heavy atom. The molecule has 1 aliphatic heterocycles. The Balaban J connectivity index is 1.73. The summed E-state index contributed by atoms with van der Waals surface area (Å²) in [5.41, 5.74) is 3.55. The fourth-order valence-electron chi connectivity index (χ4n) is 3.16. The Hall–Kier alpha value is -2.77. The second-order valence-electron chi connectivity index (χ2n) is 6.37. The fourth-order valence-corrected chi connectivity index (χ4v) is 3.16. The first-order valence-electron chi connectivity index (χ1n) is 8.40. The van der Waals surface area contributed by atoms with E-state index < -0.39 is 6.55 Å². The van der Waals surface area contributed by atoms with Crippen LogP contribution in [0.3, 0.4) is 0 Å². The van der Waals surface area contributed by atoms with Crippen molar-refractivity contribution in [1.82, 2.24) is 9.78 Å². The lowest BCUT2D eigenvalue weighted by Gasteiger charge is -2.11. The number of benzene rings is 1. The predicted octanol–water partition coefficient (Wildman–Crippen LogP) is 3.35. The summed E-state index contributed by atoms with van der Waals surface area (Å²) in [6.45, 7) is 0.407. The average Bonchev–Trinajstić information content (AvgIpc) is 2.75. The molecule has 0 radical (unpaired) electrons. The molecule has 0 atom stereocenters. The first-order valence-corrected chi connectivity index (χ1v) is 8.40. The number of nitrogens with zero attached hydrogens (tertiary/aromatic N) is 2. The van der Waals surface area contributed by atoms with Crippen LogP contribution in [0.1, 0.15) is 41.9 Å². The van der Waals surface area contributed by atoms with Crippen molar-refractivity contribution in [2.24, 2.45) is 0 Å². The van der Waals surface area contributed by atoms with Gasteiger partial charge in [-0.3, -0.25) is 9.59 Å². The molecular formula is C18H20F2N4O2. The number of alkyl halides is 2. The minimum atomic E-state index is -2.73. The van der Waals surface area contributed by atoms with Gasteiger partial charge in [0.2, 0.25) is 11.8 Å². The summed E-state index contributed by atoms with van der Waals surface area (Å²) in [6.07, 6.45) is 1.94. The minimum absolute atomic E-state index is 0.0115. The molecule has 8 heteroatoms. The Morgan fingerprint density at radius 2 is 2.12 bits per heavy atom. The highest BCUT2D eigenvalue weighted by atomic mass is 19.3. The maximum absolute atomic E-state index is 12.9. The Bertz CT molecular complexity index is 861. The normalized spacial score (nSPS) is 14.0. The number of anilines is 2. The molecular weight excluding hydrogens is 342 g/mol. The third-order valence-corrected chi connectivity index (χ3v) is 4.51. The third-order valence-electron chi connectivity index (χ3n) is 4.51. The van der Waals surface area contributed by atoms with Gasteiger partial charge >= 0.3 is 6.55 Å². The number of hydrogen-bond acceptors (Lipinski definition) is 3. The van der Waals surface area contributed by atoms with Crippen LogP contribution in [0.4, 0.5) is 20.2 Å². The summed E-state index contributed by atoms with van der Waals surface area (Å²) in [7, 11) is 0. The van der Waals surface area contributed by atoms with Crippen molar-refractivity contribution in [3.8, 4) is 0 Å².